The number of aliphatic imine (C=N–C) groups is 1. The van der Waals surface area contributed by atoms with Gasteiger partial charge < -0.3 is 21.1 Å². The van der Waals surface area contributed by atoms with Crippen LogP contribution in [-0.2, 0) is 11.3 Å². The molecule has 1 aromatic carbocycles. The van der Waals surface area contributed by atoms with Crippen molar-refractivity contribution in [3.05, 3.63) is 59.7 Å². The Bertz CT molecular complexity index is 816. The smallest absolute Gasteiger partial charge is 0.437 e. The van der Waals surface area contributed by atoms with E-state index in [-0.39, 0.29) is 12.2 Å². The van der Waals surface area contributed by atoms with Crippen LogP contribution in [-0.4, -0.2) is 30.1 Å². The Morgan fingerprint density at radius 1 is 1.26 bits per heavy atom. The van der Waals surface area contributed by atoms with Gasteiger partial charge in [-0.15, -0.1) is 4.99 Å². The molecule has 0 atom stereocenters. The molecule has 1 amide bonds. The maximum Gasteiger partial charge on any atom is 0.437 e. The number of carbonyl (C=O) groups excluding carboxylic acids is 1. The van der Waals surface area contributed by atoms with Crippen molar-refractivity contribution in [3.8, 4) is 0 Å². The molecule has 2 aromatic rings. The van der Waals surface area contributed by atoms with Gasteiger partial charge in [0.1, 0.15) is 6.61 Å². The summed E-state index contributed by atoms with van der Waals surface area (Å²) >= 11 is 0. The number of amides is 1. The van der Waals surface area contributed by atoms with Crippen molar-refractivity contribution in [3.63, 3.8) is 0 Å². The lowest BCUT2D eigenvalue weighted by atomic mass is 9.90. The summed E-state index contributed by atoms with van der Waals surface area (Å²) in [6.07, 6.45) is 4.56. The summed E-state index contributed by atoms with van der Waals surface area (Å²) in [6.45, 7) is 1.25. The first kappa shape index (κ1) is 18.6. The summed E-state index contributed by atoms with van der Waals surface area (Å²) in [5, 5.41) is 0. The highest BCUT2D eigenvalue weighted by Crippen LogP contribution is 2.32. The van der Waals surface area contributed by atoms with Crippen LogP contribution < -0.4 is 16.4 Å². The molecule has 3 rings (SSSR count). The molecule has 7 nitrogen and oxygen atoms in total. The van der Waals surface area contributed by atoms with E-state index >= 15 is 0 Å². The lowest BCUT2D eigenvalue weighted by Crippen LogP contribution is -2.33. The number of guanidine groups is 1. The minimum atomic E-state index is -0.947. The Hall–Kier alpha value is -3.16. The number of hydrogen-bond donors (Lipinski definition) is 2. The maximum atomic E-state index is 14.9. The summed E-state index contributed by atoms with van der Waals surface area (Å²) in [4.78, 5) is 20.8. The first-order chi connectivity index (χ1) is 13.0. The Balaban J connectivity index is 1.64. The van der Waals surface area contributed by atoms with E-state index in [1.165, 1.54) is 5.56 Å². The fourth-order valence-electron chi connectivity index (χ4n) is 3.27. The van der Waals surface area contributed by atoms with Crippen LogP contribution in [0.2, 0.25) is 0 Å². The highest BCUT2D eigenvalue weighted by atomic mass is 19.1. The van der Waals surface area contributed by atoms with Gasteiger partial charge in [0.05, 0.1) is 5.69 Å². The van der Waals surface area contributed by atoms with Gasteiger partial charge in [0.25, 0.3) is 0 Å². The van der Waals surface area contributed by atoms with Crippen LogP contribution in [0.1, 0.15) is 29.9 Å². The van der Waals surface area contributed by atoms with Crippen LogP contribution in [0.3, 0.4) is 0 Å². The topological polar surface area (TPSA) is 107 Å². The maximum absolute atomic E-state index is 14.9. The van der Waals surface area contributed by atoms with Gasteiger partial charge in [-0.25, -0.2) is 9.18 Å². The van der Waals surface area contributed by atoms with Crippen molar-refractivity contribution in [2.45, 2.75) is 25.4 Å². The molecular weight excluding hydrogens is 349 g/mol. The Morgan fingerprint density at radius 2 is 2.04 bits per heavy atom. The number of carbonyl (C=O) groups is 1. The number of halogens is 1. The molecule has 0 aliphatic carbocycles. The molecular formula is C19H22FN5O2. The molecule has 1 aliphatic heterocycles. The van der Waals surface area contributed by atoms with E-state index in [1.807, 2.05) is 17.2 Å². The number of benzene rings is 1. The third-order valence-corrected chi connectivity index (χ3v) is 4.62. The summed E-state index contributed by atoms with van der Waals surface area (Å²) < 4.78 is 19.7. The average Bonchev–Trinajstić information content (AvgIpc) is 2.67. The highest BCUT2D eigenvalue weighted by molar-refractivity contribution is 5.87. The second-order valence-corrected chi connectivity index (χ2v) is 6.39. The molecule has 0 unspecified atom stereocenters. The molecule has 8 heteroatoms. The van der Waals surface area contributed by atoms with E-state index in [1.54, 1.807) is 24.4 Å². The standard InChI is InChI=1S/C19H22FN5O2/c20-17-15(12-27-19(26)24-18(21)22)3-1-5-16(17)25-9-6-13(7-10-25)14-4-2-8-23-11-14/h1-5,8,11,13H,6-7,9-10,12H2,(H4,21,22,24,26). The number of aromatic nitrogens is 1. The largest absolute Gasteiger partial charge is 0.443 e. The van der Waals surface area contributed by atoms with Crippen LogP contribution in [0.5, 0.6) is 0 Å². The van der Waals surface area contributed by atoms with Gasteiger partial charge in [-0.2, -0.15) is 0 Å². The van der Waals surface area contributed by atoms with Crippen LogP contribution >= 0.6 is 0 Å². The first-order valence-corrected chi connectivity index (χ1v) is 8.73. The van der Waals surface area contributed by atoms with Gasteiger partial charge in [0.2, 0.25) is 0 Å². The van der Waals surface area contributed by atoms with E-state index in [2.05, 4.69) is 16.0 Å². The van der Waals surface area contributed by atoms with E-state index < -0.39 is 17.9 Å². The van der Waals surface area contributed by atoms with Crippen LogP contribution in [0.15, 0.2) is 47.7 Å². The van der Waals surface area contributed by atoms with Gasteiger partial charge in [-0.3, -0.25) is 4.98 Å². The fraction of sp³-hybridized carbons (Fsp3) is 0.316. The SMILES string of the molecule is NC(N)=NC(=O)OCc1cccc(N2CCC(c3cccnc3)CC2)c1F. The van der Waals surface area contributed by atoms with E-state index in [4.69, 9.17) is 16.2 Å². The van der Waals surface area contributed by atoms with Crippen molar-refractivity contribution in [2.75, 3.05) is 18.0 Å². The molecule has 27 heavy (non-hydrogen) atoms. The van der Waals surface area contributed by atoms with E-state index in [9.17, 15) is 9.18 Å². The lowest BCUT2D eigenvalue weighted by Gasteiger charge is -2.34. The Morgan fingerprint density at radius 3 is 2.70 bits per heavy atom. The van der Waals surface area contributed by atoms with E-state index in [0.717, 1.165) is 25.9 Å². The number of hydrogen-bond acceptors (Lipinski definition) is 4. The molecule has 1 aromatic heterocycles. The molecule has 1 aliphatic rings. The van der Waals surface area contributed by atoms with E-state index in [0.29, 0.717) is 11.6 Å². The molecule has 1 saturated heterocycles. The second-order valence-electron chi connectivity index (χ2n) is 6.39. The third kappa shape index (κ3) is 4.72. The van der Waals surface area contributed by atoms with Gasteiger partial charge in [-0.1, -0.05) is 18.2 Å². The van der Waals surface area contributed by atoms with Crippen molar-refractivity contribution in [2.24, 2.45) is 16.5 Å². The Labute approximate surface area is 156 Å². The van der Waals surface area contributed by atoms with Gasteiger partial charge >= 0.3 is 6.09 Å². The predicted octanol–water partition coefficient (Wildman–Crippen LogP) is 2.51. The minimum Gasteiger partial charge on any atom is -0.443 e. The van der Waals surface area contributed by atoms with Crippen molar-refractivity contribution >= 4 is 17.7 Å². The summed E-state index contributed by atoms with van der Waals surface area (Å²) in [7, 11) is 0. The Kier molecular flexibility index (Phi) is 5.85. The molecule has 1 fully saturated rings. The quantitative estimate of drug-likeness (QED) is 0.632. The van der Waals surface area contributed by atoms with Gasteiger partial charge in [0.15, 0.2) is 11.8 Å². The fourth-order valence-corrected chi connectivity index (χ4v) is 3.27. The second kappa shape index (κ2) is 8.48. The number of piperidine rings is 1. The van der Waals surface area contributed by atoms with Crippen molar-refractivity contribution in [1.82, 2.24) is 4.98 Å². The van der Waals surface area contributed by atoms with Gasteiger partial charge in [-0.05, 0) is 36.5 Å². The number of anilines is 1. The molecule has 0 spiro atoms. The summed E-state index contributed by atoms with van der Waals surface area (Å²) in [5.41, 5.74) is 12.2. The van der Waals surface area contributed by atoms with Gasteiger partial charge in [0, 0.05) is 31.0 Å². The predicted molar refractivity (Wildman–Crippen MR) is 101 cm³/mol. The normalized spacial score (nSPS) is 14.6. The first-order valence-electron chi connectivity index (χ1n) is 8.73. The number of rotatable bonds is 4. The van der Waals surface area contributed by atoms with Crippen LogP contribution in [0.25, 0.3) is 0 Å². The molecule has 0 radical (unpaired) electrons. The lowest BCUT2D eigenvalue weighted by molar-refractivity contribution is 0.149. The number of pyridine rings is 1. The third-order valence-electron chi connectivity index (χ3n) is 4.62. The monoisotopic (exact) mass is 371 g/mol. The van der Waals surface area contributed by atoms with Crippen molar-refractivity contribution in [1.29, 1.82) is 0 Å². The summed E-state index contributed by atoms with van der Waals surface area (Å²) in [6, 6.07) is 9.08. The molecule has 2 heterocycles. The zero-order valence-corrected chi connectivity index (χ0v) is 14.8. The van der Waals surface area contributed by atoms with Crippen molar-refractivity contribution < 1.29 is 13.9 Å². The number of nitrogens with two attached hydrogens (primary N) is 2. The zero-order chi connectivity index (χ0) is 19.2. The average molecular weight is 371 g/mol. The highest BCUT2D eigenvalue weighted by Gasteiger charge is 2.23. The molecule has 4 N–H and O–H groups in total. The summed E-state index contributed by atoms with van der Waals surface area (Å²) in [5.74, 6) is -0.359. The zero-order valence-electron chi connectivity index (χ0n) is 14.8. The van der Waals surface area contributed by atoms with Crippen LogP contribution in [0, 0.1) is 5.82 Å². The molecule has 142 valence electrons. The minimum absolute atomic E-state index is 0.235. The number of ether oxygens (including phenoxy) is 1. The van der Waals surface area contributed by atoms with Crippen LogP contribution in [0.4, 0.5) is 14.9 Å². The number of nitrogens with zero attached hydrogens (tertiary/aromatic N) is 3. The molecule has 0 saturated carbocycles. The molecule has 0 bridgehead atoms.